The molecule has 1 aliphatic heterocycles. The minimum absolute atomic E-state index is 0.0198. The highest BCUT2D eigenvalue weighted by molar-refractivity contribution is 5.81. The van der Waals surface area contributed by atoms with Gasteiger partial charge in [0.25, 0.3) is 0 Å². The number of fused-ring (bicyclic) bond motifs is 2. The summed E-state index contributed by atoms with van der Waals surface area (Å²) < 4.78 is 5.93. The molecule has 0 radical (unpaired) electrons. The summed E-state index contributed by atoms with van der Waals surface area (Å²) in [6.45, 7) is 4.26. The quantitative estimate of drug-likeness (QED) is 0.360. The van der Waals surface area contributed by atoms with E-state index in [-0.39, 0.29) is 11.9 Å². The minimum atomic E-state index is -0.0198. The molecule has 0 spiro atoms. The van der Waals surface area contributed by atoms with Gasteiger partial charge in [-0.25, -0.2) is 0 Å². The van der Waals surface area contributed by atoms with Gasteiger partial charge in [0.1, 0.15) is 11.3 Å². The van der Waals surface area contributed by atoms with Gasteiger partial charge >= 0.3 is 0 Å². The van der Waals surface area contributed by atoms with Crippen LogP contribution >= 0.6 is 0 Å². The fourth-order valence-corrected chi connectivity index (χ4v) is 4.00. The van der Waals surface area contributed by atoms with Crippen molar-refractivity contribution in [1.82, 2.24) is 15.5 Å². The molecule has 0 fully saturated rings. The molecule has 2 aromatic carbocycles. The Morgan fingerprint density at radius 3 is 2.74 bits per heavy atom. The van der Waals surface area contributed by atoms with E-state index in [1.807, 2.05) is 42.2 Å². The molecule has 1 aliphatic rings. The normalized spacial score (nSPS) is 14.9. The lowest BCUT2D eigenvalue weighted by molar-refractivity contribution is -0.132. The van der Waals surface area contributed by atoms with Crippen LogP contribution in [0.15, 0.2) is 64.0 Å². The Balaban J connectivity index is 1.22. The first-order valence-electron chi connectivity index (χ1n) is 10.9. The van der Waals surface area contributed by atoms with Gasteiger partial charge in [-0.3, -0.25) is 9.79 Å². The lowest BCUT2D eigenvalue weighted by atomic mass is 9.99. The molecule has 4 rings (SSSR count). The van der Waals surface area contributed by atoms with Gasteiger partial charge in [-0.1, -0.05) is 42.5 Å². The molecule has 6 nitrogen and oxygen atoms in total. The summed E-state index contributed by atoms with van der Waals surface area (Å²) >= 11 is 0. The first-order chi connectivity index (χ1) is 15.1. The average molecular weight is 419 g/mol. The number of benzene rings is 2. The minimum Gasteiger partial charge on any atom is -0.459 e. The number of aliphatic imine (C=N–C) groups is 1. The summed E-state index contributed by atoms with van der Waals surface area (Å²) in [5.41, 5.74) is 3.51. The number of hydrogen-bond donors (Lipinski definition) is 2. The van der Waals surface area contributed by atoms with Crippen LogP contribution in [0.4, 0.5) is 0 Å². The van der Waals surface area contributed by atoms with Gasteiger partial charge in [0.2, 0.25) is 5.91 Å². The predicted octanol–water partition coefficient (Wildman–Crippen LogP) is 4.02. The molecule has 0 bridgehead atoms. The fourth-order valence-electron chi connectivity index (χ4n) is 4.00. The van der Waals surface area contributed by atoms with Crippen LogP contribution in [-0.4, -0.2) is 36.9 Å². The molecule has 2 N–H and O–H groups in total. The Bertz CT molecular complexity index is 1040. The van der Waals surface area contributed by atoms with Crippen molar-refractivity contribution < 1.29 is 9.21 Å². The summed E-state index contributed by atoms with van der Waals surface area (Å²) in [5, 5.41) is 7.75. The van der Waals surface area contributed by atoms with E-state index in [4.69, 9.17) is 4.42 Å². The Morgan fingerprint density at radius 2 is 1.94 bits per heavy atom. The van der Waals surface area contributed by atoms with E-state index in [9.17, 15) is 4.79 Å². The SMILES string of the molecule is CN=C(NCCCC(=O)N1CCc2ccccc2C1)NC(C)c1cc2ccccc2o1. The van der Waals surface area contributed by atoms with E-state index in [1.165, 1.54) is 11.1 Å². The predicted molar refractivity (Wildman–Crippen MR) is 124 cm³/mol. The number of hydrogen-bond acceptors (Lipinski definition) is 3. The maximum absolute atomic E-state index is 12.6. The standard InChI is InChI=1S/C25H30N4O2/c1-18(23-16-20-9-5-6-11-22(20)31-23)28-25(26-2)27-14-7-12-24(30)29-15-13-19-8-3-4-10-21(19)17-29/h3-6,8-11,16,18H,7,12-15,17H2,1-2H3,(H2,26,27,28). The van der Waals surface area contributed by atoms with Crippen LogP contribution in [0.5, 0.6) is 0 Å². The number of nitrogens with one attached hydrogen (secondary N) is 2. The Labute approximate surface area is 183 Å². The van der Waals surface area contributed by atoms with Gasteiger partial charge in [0.05, 0.1) is 6.04 Å². The van der Waals surface area contributed by atoms with Crippen LogP contribution in [0.25, 0.3) is 11.0 Å². The zero-order chi connectivity index (χ0) is 21.6. The highest BCUT2D eigenvalue weighted by Crippen LogP contribution is 2.23. The molecule has 162 valence electrons. The van der Waals surface area contributed by atoms with Crippen LogP contribution in [0, 0.1) is 0 Å². The summed E-state index contributed by atoms with van der Waals surface area (Å²) in [6, 6.07) is 18.4. The van der Waals surface area contributed by atoms with Crippen LogP contribution in [0.2, 0.25) is 0 Å². The monoisotopic (exact) mass is 418 g/mol. The largest absolute Gasteiger partial charge is 0.459 e. The lowest BCUT2D eigenvalue weighted by Gasteiger charge is -2.29. The summed E-state index contributed by atoms with van der Waals surface area (Å²) in [4.78, 5) is 18.9. The molecule has 1 aromatic heterocycles. The van der Waals surface area contributed by atoms with E-state index in [2.05, 4.69) is 39.9 Å². The zero-order valence-corrected chi connectivity index (χ0v) is 18.2. The molecular weight excluding hydrogens is 388 g/mol. The van der Waals surface area contributed by atoms with Crippen LogP contribution in [-0.2, 0) is 17.8 Å². The smallest absolute Gasteiger partial charge is 0.222 e. The van der Waals surface area contributed by atoms with Crippen molar-refractivity contribution in [1.29, 1.82) is 0 Å². The third-order valence-electron chi connectivity index (χ3n) is 5.79. The number of guanidine groups is 1. The first-order valence-corrected chi connectivity index (χ1v) is 10.9. The molecule has 1 unspecified atom stereocenters. The molecule has 0 saturated carbocycles. The molecule has 1 atom stereocenters. The molecule has 0 saturated heterocycles. The highest BCUT2D eigenvalue weighted by atomic mass is 16.3. The number of carbonyl (C=O) groups excluding carboxylic acids is 1. The highest BCUT2D eigenvalue weighted by Gasteiger charge is 2.20. The van der Waals surface area contributed by atoms with Crippen LogP contribution < -0.4 is 10.6 Å². The van der Waals surface area contributed by atoms with E-state index in [1.54, 1.807) is 7.05 Å². The molecule has 6 heteroatoms. The summed E-state index contributed by atoms with van der Waals surface area (Å²) in [7, 11) is 1.75. The van der Waals surface area contributed by atoms with E-state index in [0.29, 0.717) is 18.9 Å². The number of para-hydroxylation sites is 1. The van der Waals surface area contributed by atoms with Crippen molar-refractivity contribution in [3.05, 3.63) is 71.5 Å². The van der Waals surface area contributed by atoms with Crippen LogP contribution in [0.3, 0.4) is 0 Å². The molecule has 3 aromatic rings. The molecular formula is C25H30N4O2. The Morgan fingerprint density at radius 1 is 1.16 bits per heavy atom. The number of rotatable bonds is 6. The van der Waals surface area contributed by atoms with Crippen molar-refractivity contribution >= 4 is 22.8 Å². The van der Waals surface area contributed by atoms with Crippen molar-refractivity contribution in [2.45, 2.75) is 38.8 Å². The van der Waals surface area contributed by atoms with Gasteiger partial charge in [0, 0.05) is 38.5 Å². The molecule has 31 heavy (non-hydrogen) atoms. The van der Waals surface area contributed by atoms with Gasteiger partial charge < -0.3 is 20.0 Å². The van der Waals surface area contributed by atoms with E-state index in [0.717, 1.165) is 42.7 Å². The first kappa shape index (κ1) is 21.0. The van der Waals surface area contributed by atoms with E-state index < -0.39 is 0 Å². The second-order valence-electron chi connectivity index (χ2n) is 7.99. The zero-order valence-electron chi connectivity index (χ0n) is 18.2. The van der Waals surface area contributed by atoms with Crippen LogP contribution in [0.1, 0.15) is 42.7 Å². The third-order valence-corrected chi connectivity index (χ3v) is 5.79. The van der Waals surface area contributed by atoms with Crippen molar-refractivity contribution in [2.75, 3.05) is 20.1 Å². The van der Waals surface area contributed by atoms with Crippen molar-refractivity contribution in [3.8, 4) is 0 Å². The molecule has 1 amide bonds. The summed E-state index contributed by atoms with van der Waals surface area (Å²) in [5.74, 6) is 1.78. The Hall–Kier alpha value is -3.28. The number of nitrogens with zero attached hydrogens (tertiary/aromatic N) is 2. The number of furan rings is 1. The lowest BCUT2D eigenvalue weighted by Crippen LogP contribution is -2.40. The number of amides is 1. The Kier molecular flexibility index (Phi) is 6.55. The maximum atomic E-state index is 12.6. The maximum Gasteiger partial charge on any atom is 0.222 e. The second kappa shape index (κ2) is 9.69. The van der Waals surface area contributed by atoms with Crippen molar-refractivity contribution in [3.63, 3.8) is 0 Å². The van der Waals surface area contributed by atoms with Gasteiger partial charge in [-0.05, 0) is 43.0 Å². The summed E-state index contributed by atoms with van der Waals surface area (Å²) in [6.07, 6.45) is 2.23. The third kappa shape index (κ3) is 5.08. The average Bonchev–Trinajstić information content (AvgIpc) is 3.25. The molecule has 0 aliphatic carbocycles. The second-order valence-corrected chi connectivity index (χ2v) is 7.99. The fraction of sp³-hybridized carbons (Fsp3) is 0.360. The van der Waals surface area contributed by atoms with Gasteiger partial charge in [0.15, 0.2) is 5.96 Å². The molecule has 2 heterocycles. The van der Waals surface area contributed by atoms with Crippen molar-refractivity contribution in [2.24, 2.45) is 4.99 Å². The van der Waals surface area contributed by atoms with E-state index >= 15 is 0 Å². The van der Waals surface area contributed by atoms with Gasteiger partial charge in [-0.2, -0.15) is 0 Å². The topological polar surface area (TPSA) is 69.9 Å². The number of carbonyl (C=O) groups is 1. The van der Waals surface area contributed by atoms with Gasteiger partial charge in [-0.15, -0.1) is 0 Å².